The second-order valence-electron chi connectivity index (χ2n) is 4.57. The summed E-state index contributed by atoms with van der Waals surface area (Å²) in [5.74, 6) is 0. The van der Waals surface area contributed by atoms with Crippen LogP contribution >= 0.6 is 11.6 Å². The molecule has 0 aliphatic heterocycles. The molecule has 0 aliphatic carbocycles. The van der Waals surface area contributed by atoms with Gasteiger partial charge >= 0.3 is 0 Å². The van der Waals surface area contributed by atoms with Crippen molar-refractivity contribution in [2.45, 2.75) is 6.92 Å². The maximum absolute atomic E-state index is 12.4. The SMILES string of the molecule is Cc1c(-c2ccccc2Cl)[nH]n(-c2ccccc2)c1=O. The van der Waals surface area contributed by atoms with Crippen LogP contribution in [0.5, 0.6) is 0 Å². The van der Waals surface area contributed by atoms with Gasteiger partial charge in [-0.1, -0.05) is 48.0 Å². The Labute approximate surface area is 121 Å². The van der Waals surface area contributed by atoms with E-state index in [1.165, 1.54) is 4.68 Å². The summed E-state index contributed by atoms with van der Waals surface area (Å²) in [4.78, 5) is 12.4. The highest BCUT2D eigenvalue weighted by Gasteiger charge is 2.14. The fourth-order valence-corrected chi connectivity index (χ4v) is 2.44. The van der Waals surface area contributed by atoms with Crippen LogP contribution in [0.1, 0.15) is 5.56 Å². The van der Waals surface area contributed by atoms with Crippen molar-refractivity contribution in [3.63, 3.8) is 0 Å². The van der Waals surface area contributed by atoms with E-state index in [4.69, 9.17) is 11.6 Å². The number of aromatic nitrogens is 2. The topological polar surface area (TPSA) is 37.8 Å². The second-order valence-corrected chi connectivity index (χ2v) is 4.97. The van der Waals surface area contributed by atoms with Crippen LogP contribution in [-0.4, -0.2) is 9.78 Å². The van der Waals surface area contributed by atoms with Gasteiger partial charge in [-0.2, -0.15) is 0 Å². The monoisotopic (exact) mass is 284 g/mol. The molecule has 0 unspecified atom stereocenters. The second kappa shape index (κ2) is 5.02. The summed E-state index contributed by atoms with van der Waals surface area (Å²) in [6.07, 6.45) is 0. The van der Waals surface area contributed by atoms with Crippen molar-refractivity contribution < 1.29 is 0 Å². The van der Waals surface area contributed by atoms with Crippen LogP contribution in [0.4, 0.5) is 0 Å². The standard InChI is InChI=1S/C16H13ClN2O/c1-11-15(13-9-5-6-10-14(13)17)18-19(16(11)20)12-7-3-2-4-8-12/h2-10,18H,1H3. The Morgan fingerprint density at radius 3 is 2.35 bits per heavy atom. The van der Waals surface area contributed by atoms with Gasteiger partial charge in [-0.25, -0.2) is 4.68 Å². The van der Waals surface area contributed by atoms with E-state index in [9.17, 15) is 4.79 Å². The number of H-pyrrole nitrogens is 1. The molecule has 20 heavy (non-hydrogen) atoms. The van der Waals surface area contributed by atoms with E-state index in [1.807, 2.05) is 54.6 Å². The van der Waals surface area contributed by atoms with Crippen molar-refractivity contribution in [1.29, 1.82) is 0 Å². The van der Waals surface area contributed by atoms with Crippen LogP contribution in [0.25, 0.3) is 16.9 Å². The molecule has 0 saturated heterocycles. The smallest absolute Gasteiger partial charge is 0.274 e. The molecule has 100 valence electrons. The lowest BCUT2D eigenvalue weighted by atomic mass is 10.1. The minimum Gasteiger partial charge on any atom is -0.290 e. The number of hydrogen-bond acceptors (Lipinski definition) is 1. The van der Waals surface area contributed by atoms with E-state index in [1.54, 1.807) is 6.92 Å². The molecule has 0 spiro atoms. The van der Waals surface area contributed by atoms with Gasteiger partial charge < -0.3 is 0 Å². The molecule has 4 heteroatoms. The predicted octanol–water partition coefficient (Wildman–Crippen LogP) is 3.79. The third-order valence-corrected chi connectivity index (χ3v) is 3.61. The van der Waals surface area contributed by atoms with Crippen LogP contribution in [0, 0.1) is 6.92 Å². The van der Waals surface area contributed by atoms with Gasteiger partial charge in [0.25, 0.3) is 5.56 Å². The molecule has 1 aromatic heterocycles. The van der Waals surface area contributed by atoms with Crippen molar-refractivity contribution in [2.24, 2.45) is 0 Å². The first-order chi connectivity index (χ1) is 9.68. The molecule has 1 heterocycles. The zero-order valence-corrected chi connectivity index (χ0v) is 11.7. The molecular weight excluding hydrogens is 272 g/mol. The highest BCUT2D eigenvalue weighted by Crippen LogP contribution is 2.27. The molecule has 3 nitrogen and oxygen atoms in total. The zero-order valence-electron chi connectivity index (χ0n) is 10.9. The van der Waals surface area contributed by atoms with Gasteiger partial charge in [0.05, 0.1) is 11.4 Å². The van der Waals surface area contributed by atoms with Crippen molar-refractivity contribution in [2.75, 3.05) is 0 Å². The summed E-state index contributed by atoms with van der Waals surface area (Å²) in [6, 6.07) is 17.0. The zero-order chi connectivity index (χ0) is 14.1. The van der Waals surface area contributed by atoms with Gasteiger partial charge in [0.1, 0.15) is 0 Å². The van der Waals surface area contributed by atoms with E-state index in [2.05, 4.69) is 5.10 Å². The van der Waals surface area contributed by atoms with Crippen LogP contribution in [0.3, 0.4) is 0 Å². The summed E-state index contributed by atoms with van der Waals surface area (Å²) >= 11 is 6.21. The van der Waals surface area contributed by atoms with Gasteiger partial charge in [-0.05, 0) is 25.1 Å². The number of hydrogen-bond donors (Lipinski definition) is 1. The fraction of sp³-hybridized carbons (Fsp3) is 0.0625. The van der Waals surface area contributed by atoms with Gasteiger partial charge in [0, 0.05) is 16.1 Å². The summed E-state index contributed by atoms with van der Waals surface area (Å²) < 4.78 is 1.54. The Kier molecular flexibility index (Phi) is 3.20. The lowest BCUT2D eigenvalue weighted by molar-refractivity contribution is 0.851. The summed E-state index contributed by atoms with van der Waals surface area (Å²) in [7, 11) is 0. The molecule has 0 fully saturated rings. The molecule has 0 radical (unpaired) electrons. The average molecular weight is 285 g/mol. The Morgan fingerprint density at radius 1 is 1.00 bits per heavy atom. The van der Waals surface area contributed by atoms with Gasteiger partial charge in [0.2, 0.25) is 0 Å². The summed E-state index contributed by atoms with van der Waals surface area (Å²) in [5.41, 5.74) is 2.98. The number of nitrogens with zero attached hydrogens (tertiary/aromatic N) is 1. The number of nitrogens with one attached hydrogen (secondary N) is 1. The van der Waals surface area contributed by atoms with E-state index in [-0.39, 0.29) is 5.56 Å². The molecule has 0 amide bonds. The number of rotatable bonds is 2. The van der Waals surface area contributed by atoms with E-state index in [0.717, 1.165) is 16.9 Å². The first-order valence-electron chi connectivity index (χ1n) is 6.30. The third-order valence-electron chi connectivity index (χ3n) is 3.28. The first kappa shape index (κ1) is 12.8. The molecule has 3 aromatic rings. The highest BCUT2D eigenvalue weighted by molar-refractivity contribution is 6.33. The molecular formula is C16H13ClN2O. The quantitative estimate of drug-likeness (QED) is 0.764. The summed E-state index contributed by atoms with van der Waals surface area (Å²) in [5, 5.41) is 3.77. The normalized spacial score (nSPS) is 10.7. The molecule has 0 bridgehead atoms. The van der Waals surface area contributed by atoms with Crippen molar-refractivity contribution in [1.82, 2.24) is 9.78 Å². The lowest BCUT2D eigenvalue weighted by Crippen LogP contribution is -2.15. The van der Waals surface area contributed by atoms with Gasteiger partial charge in [-0.15, -0.1) is 0 Å². The molecule has 2 aromatic carbocycles. The largest absolute Gasteiger partial charge is 0.290 e. The Balaban J connectivity index is 2.22. The first-order valence-corrected chi connectivity index (χ1v) is 6.68. The van der Waals surface area contributed by atoms with Gasteiger partial charge in [-0.3, -0.25) is 9.89 Å². The minimum atomic E-state index is -0.0638. The number of aromatic amines is 1. The number of para-hydroxylation sites is 1. The fourth-order valence-electron chi connectivity index (χ4n) is 2.21. The van der Waals surface area contributed by atoms with Crippen LogP contribution in [0.2, 0.25) is 5.02 Å². The van der Waals surface area contributed by atoms with Crippen LogP contribution in [0.15, 0.2) is 59.4 Å². The maximum Gasteiger partial charge on any atom is 0.274 e. The Bertz CT molecular complexity index is 803. The minimum absolute atomic E-state index is 0.0638. The molecule has 1 N–H and O–H groups in total. The lowest BCUT2D eigenvalue weighted by Gasteiger charge is -2.03. The molecule has 0 saturated carbocycles. The van der Waals surface area contributed by atoms with Crippen LogP contribution < -0.4 is 5.56 Å². The van der Waals surface area contributed by atoms with Crippen molar-refractivity contribution in [3.05, 3.63) is 75.5 Å². The van der Waals surface area contributed by atoms with E-state index < -0.39 is 0 Å². The van der Waals surface area contributed by atoms with E-state index >= 15 is 0 Å². The van der Waals surface area contributed by atoms with E-state index in [0.29, 0.717) is 10.6 Å². The average Bonchev–Trinajstić information content (AvgIpc) is 2.77. The van der Waals surface area contributed by atoms with Crippen molar-refractivity contribution in [3.8, 4) is 16.9 Å². The molecule has 0 aliphatic rings. The van der Waals surface area contributed by atoms with Crippen LogP contribution in [-0.2, 0) is 0 Å². The summed E-state index contributed by atoms with van der Waals surface area (Å²) in [6.45, 7) is 1.80. The van der Waals surface area contributed by atoms with Crippen molar-refractivity contribution >= 4 is 11.6 Å². The Hall–Kier alpha value is -2.26. The highest BCUT2D eigenvalue weighted by atomic mass is 35.5. The predicted molar refractivity (Wildman–Crippen MR) is 81.6 cm³/mol. The number of halogens is 1. The maximum atomic E-state index is 12.4. The third kappa shape index (κ3) is 2.06. The Morgan fingerprint density at radius 2 is 1.65 bits per heavy atom. The molecule has 3 rings (SSSR count). The number of benzene rings is 2. The molecule has 0 atom stereocenters. The van der Waals surface area contributed by atoms with Gasteiger partial charge in [0.15, 0.2) is 0 Å².